The maximum absolute atomic E-state index is 12.1. The van der Waals surface area contributed by atoms with Crippen molar-refractivity contribution in [3.8, 4) is 0 Å². The molecule has 0 heterocycles. The number of esters is 1. The molecule has 3 heteroatoms. The van der Waals surface area contributed by atoms with Crippen LogP contribution in [0.2, 0.25) is 0 Å². The number of allylic oxidation sites excluding steroid dienone is 1. The maximum atomic E-state index is 12.1. The predicted molar refractivity (Wildman–Crippen MR) is 80.5 cm³/mol. The van der Waals surface area contributed by atoms with E-state index in [1.807, 2.05) is 51.1 Å². The van der Waals surface area contributed by atoms with Gasteiger partial charge in [-0.25, -0.2) is 0 Å². The van der Waals surface area contributed by atoms with Crippen molar-refractivity contribution in [3.63, 3.8) is 0 Å². The van der Waals surface area contributed by atoms with Crippen LogP contribution in [0.25, 0.3) is 0 Å². The van der Waals surface area contributed by atoms with Gasteiger partial charge < -0.3 is 9.84 Å². The second-order valence-electron chi connectivity index (χ2n) is 6.06. The Morgan fingerprint density at radius 2 is 1.90 bits per heavy atom. The van der Waals surface area contributed by atoms with Crippen LogP contribution in [0.3, 0.4) is 0 Å². The fraction of sp³-hybridized carbons (Fsp3) is 0.471. The zero-order chi connectivity index (χ0) is 15.2. The number of hydrogen-bond donors (Lipinski definition) is 1. The summed E-state index contributed by atoms with van der Waals surface area (Å²) in [7, 11) is 0. The molecule has 0 radical (unpaired) electrons. The molecule has 0 aliphatic rings. The van der Waals surface area contributed by atoms with Crippen LogP contribution in [0.5, 0.6) is 0 Å². The van der Waals surface area contributed by atoms with E-state index in [0.717, 1.165) is 5.56 Å². The summed E-state index contributed by atoms with van der Waals surface area (Å²) in [5.74, 6) is -0.308. The molecule has 0 aromatic heterocycles. The highest BCUT2D eigenvalue weighted by Gasteiger charge is 2.34. The van der Waals surface area contributed by atoms with Crippen molar-refractivity contribution in [2.24, 2.45) is 0 Å². The van der Waals surface area contributed by atoms with Crippen LogP contribution in [-0.2, 0) is 14.9 Å². The molecule has 1 aromatic carbocycles. The topological polar surface area (TPSA) is 46.5 Å². The number of benzene rings is 1. The van der Waals surface area contributed by atoms with Gasteiger partial charge in [-0.2, -0.15) is 0 Å². The van der Waals surface area contributed by atoms with E-state index in [4.69, 9.17) is 4.74 Å². The first kappa shape index (κ1) is 16.4. The standard InChI is InChI=1S/C17H24O3/c1-5-11-17(13-18,14-9-7-6-8-10-14)12-15(19)20-16(2,3)4/h5-10,18H,1,11-13H2,2-4H3. The average molecular weight is 276 g/mol. The molecule has 0 aliphatic carbocycles. The molecule has 0 saturated heterocycles. The van der Waals surface area contributed by atoms with Crippen molar-refractivity contribution in [2.75, 3.05) is 6.61 Å². The molecule has 20 heavy (non-hydrogen) atoms. The Bertz CT molecular complexity index is 445. The number of hydrogen-bond acceptors (Lipinski definition) is 3. The van der Waals surface area contributed by atoms with Gasteiger partial charge in [-0.05, 0) is 32.8 Å². The molecule has 0 aliphatic heterocycles. The molecule has 0 amide bonds. The Hall–Kier alpha value is -1.61. The molecule has 110 valence electrons. The van der Waals surface area contributed by atoms with Gasteiger partial charge in [-0.1, -0.05) is 36.4 Å². The van der Waals surface area contributed by atoms with Gasteiger partial charge in [0, 0.05) is 5.41 Å². The first-order valence-electron chi connectivity index (χ1n) is 6.82. The second-order valence-corrected chi connectivity index (χ2v) is 6.06. The third-order valence-corrected chi connectivity index (χ3v) is 3.13. The van der Waals surface area contributed by atoms with Gasteiger partial charge in [-0.3, -0.25) is 4.79 Å². The van der Waals surface area contributed by atoms with Crippen LogP contribution >= 0.6 is 0 Å². The van der Waals surface area contributed by atoms with Gasteiger partial charge in [0.05, 0.1) is 13.0 Å². The minimum absolute atomic E-state index is 0.123. The molecular formula is C17H24O3. The lowest BCUT2D eigenvalue weighted by molar-refractivity contribution is -0.156. The first-order chi connectivity index (χ1) is 9.33. The van der Waals surface area contributed by atoms with E-state index < -0.39 is 11.0 Å². The van der Waals surface area contributed by atoms with Crippen molar-refractivity contribution in [3.05, 3.63) is 48.6 Å². The fourth-order valence-corrected chi connectivity index (χ4v) is 2.23. The van der Waals surface area contributed by atoms with Crippen LogP contribution in [0.1, 0.15) is 39.2 Å². The van der Waals surface area contributed by atoms with Crippen LogP contribution < -0.4 is 0 Å². The number of carbonyl (C=O) groups is 1. The Labute approximate surface area is 121 Å². The highest BCUT2D eigenvalue weighted by Crippen LogP contribution is 2.33. The Balaban J connectivity index is 3.01. The molecule has 1 rings (SSSR count). The monoisotopic (exact) mass is 276 g/mol. The van der Waals surface area contributed by atoms with Crippen LogP contribution in [0, 0.1) is 0 Å². The predicted octanol–water partition coefficient (Wildman–Crippen LogP) is 3.22. The summed E-state index contributed by atoms with van der Waals surface area (Å²) in [5, 5.41) is 9.85. The van der Waals surface area contributed by atoms with Gasteiger partial charge in [0.25, 0.3) is 0 Å². The van der Waals surface area contributed by atoms with Gasteiger partial charge in [0.1, 0.15) is 5.60 Å². The summed E-state index contributed by atoms with van der Waals surface area (Å²) in [6.45, 7) is 9.12. The van der Waals surface area contributed by atoms with E-state index in [0.29, 0.717) is 6.42 Å². The largest absolute Gasteiger partial charge is 0.460 e. The summed E-state index contributed by atoms with van der Waals surface area (Å²) < 4.78 is 5.38. The summed E-state index contributed by atoms with van der Waals surface area (Å²) in [4.78, 5) is 12.1. The maximum Gasteiger partial charge on any atom is 0.307 e. The molecule has 1 atom stereocenters. The zero-order valence-corrected chi connectivity index (χ0v) is 12.6. The van der Waals surface area contributed by atoms with Crippen LogP contribution in [0.15, 0.2) is 43.0 Å². The molecular weight excluding hydrogens is 252 g/mol. The third-order valence-electron chi connectivity index (χ3n) is 3.13. The summed E-state index contributed by atoms with van der Waals surface area (Å²) in [6, 6.07) is 9.55. The number of ether oxygens (including phenoxy) is 1. The Kier molecular flexibility index (Phi) is 5.52. The molecule has 0 fully saturated rings. The molecule has 0 bridgehead atoms. The average Bonchev–Trinajstić information content (AvgIpc) is 2.37. The summed E-state index contributed by atoms with van der Waals surface area (Å²) >= 11 is 0. The number of aliphatic hydroxyl groups is 1. The lowest BCUT2D eigenvalue weighted by Gasteiger charge is -2.32. The van der Waals surface area contributed by atoms with Gasteiger partial charge >= 0.3 is 5.97 Å². The third kappa shape index (κ3) is 4.49. The number of rotatable bonds is 6. The zero-order valence-electron chi connectivity index (χ0n) is 12.6. The summed E-state index contributed by atoms with van der Waals surface area (Å²) in [6.07, 6.45) is 2.39. The molecule has 0 spiro atoms. The second kappa shape index (κ2) is 6.71. The van der Waals surface area contributed by atoms with Crippen molar-refractivity contribution in [1.82, 2.24) is 0 Å². The highest BCUT2D eigenvalue weighted by atomic mass is 16.6. The van der Waals surface area contributed by atoms with Crippen molar-refractivity contribution in [1.29, 1.82) is 0 Å². The molecule has 1 N–H and O–H groups in total. The minimum atomic E-state index is -0.661. The molecule has 0 saturated carbocycles. The van der Waals surface area contributed by atoms with Crippen LogP contribution in [0.4, 0.5) is 0 Å². The summed E-state index contributed by atoms with van der Waals surface area (Å²) in [5.41, 5.74) is -0.262. The van der Waals surface area contributed by atoms with E-state index >= 15 is 0 Å². The molecule has 3 nitrogen and oxygen atoms in total. The quantitative estimate of drug-likeness (QED) is 0.641. The van der Waals surface area contributed by atoms with Crippen molar-refractivity contribution < 1.29 is 14.6 Å². The lowest BCUT2D eigenvalue weighted by Crippen LogP contribution is -2.36. The van der Waals surface area contributed by atoms with E-state index in [2.05, 4.69) is 6.58 Å². The van der Waals surface area contributed by atoms with E-state index in [1.165, 1.54) is 0 Å². The normalized spacial score (nSPS) is 14.4. The van der Waals surface area contributed by atoms with Gasteiger partial charge in [-0.15, -0.1) is 6.58 Å². The highest BCUT2D eigenvalue weighted by molar-refractivity contribution is 5.72. The number of aliphatic hydroxyl groups excluding tert-OH is 1. The van der Waals surface area contributed by atoms with Crippen molar-refractivity contribution >= 4 is 5.97 Å². The first-order valence-corrected chi connectivity index (χ1v) is 6.82. The minimum Gasteiger partial charge on any atom is -0.460 e. The fourth-order valence-electron chi connectivity index (χ4n) is 2.23. The molecule has 1 aromatic rings. The van der Waals surface area contributed by atoms with E-state index in [-0.39, 0.29) is 19.0 Å². The molecule has 1 unspecified atom stereocenters. The Morgan fingerprint density at radius 1 is 1.30 bits per heavy atom. The smallest absolute Gasteiger partial charge is 0.307 e. The van der Waals surface area contributed by atoms with Gasteiger partial charge in [0.2, 0.25) is 0 Å². The number of carbonyl (C=O) groups excluding carboxylic acids is 1. The SMILES string of the molecule is C=CCC(CO)(CC(=O)OC(C)(C)C)c1ccccc1. The van der Waals surface area contributed by atoms with Gasteiger partial charge in [0.15, 0.2) is 0 Å². The van der Waals surface area contributed by atoms with E-state index in [1.54, 1.807) is 6.08 Å². The van der Waals surface area contributed by atoms with Crippen LogP contribution in [-0.4, -0.2) is 23.3 Å². The lowest BCUT2D eigenvalue weighted by atomic mass is 9.75. The van der Waals surface area contributed by atoms with E-state index in [9.17, 15) is 9.90 Å². The Morgan fingerprint density at radius 3 is 2.35 bits per heavy atom. The van der Waals surface area contributed by atoms with Crippen molar-refractivity contribution in [2.45, 2.75) is 44.6 Å².